The Balaban J connectivity index is 1.74. The van der Waals surface area contributed by atoms with Crippen LogP contribution in [0.15, 0.2) is 40.9 Å². The third-order valence-corrected chi connectivity index (χ3v) is 4.02. The highest BCUT2D eigenvalue weighted by atomic mass is 16.6. The summed E-state index contributed by atoms with van der Waals surface area (Å²) in [5.74, 6) is 0.584. The van der Waals surface area contributed by atoms with Gasteiger partial charge >= 0.3 is 0 Å². The van der Waals surface area contributed by atoms with Crippen LogP contribution in [0.3, 0.4) is 0 Å². The van der Waals surface area contributed by atoms with E-state index in [1.807, 2.05) is 13.0 Å². The standard InChI is InChI=1S/C17H17N3O4/c1-12-10-15(18-24-12)16-6-3-9-19(16)17(21)8-7-13-4-2-5-14(11-13)20(22)23/h2,4-5,7-8,10-11,16H,3,6,9H2,1H3/b8-7+/t16-/m0/s1. The molecule has 3 rings (SSSR count). The molecule has 24 heavy (non-hydrogen) atoms. The van der Waals surface area contributed by atoms with Crippen molar-refractivity contribution in [3.05, 3.63) is 63.5 Å². The summed E-state index contributed by atoms with van der Waals surface area (Å²) in [6, 6.07) is 7.94. The summed E-state index contributed by atoms with van der Waals surface area (Å²) in [5, 5.41) is 14.8. The molecule has 0 unspecified atom stereocenters. The number of likely N-dealkylation sites (tertiary alicyclic amines) is 1. The van der Waals surface area contributed by atoms with Crippen LogP contribution in [-0.2, 0) is 4.79 Å². The van der Waals surface area contributed by atoms with Gasteiger partial charge in [0.2, 0.25) is 5.91 Å². The lowest BCUT2D eigenvalue weighted by molar-refractivity contribution is -0.384. The Kier molecular flexibility index (Phi) is 4.41. The minimum absolute atomic E-state index is 0.00159. The van der Waals surface area contributed by atoms with Gasteiger partial charge in [-0.1, -0.05) is 17.3 Å². The summed E-state index contributed by atoms with van der Waals surface area (Å²) in [5.41, 5.74) is 1.38. The maximum Gasteiger partial charge on any atom is 0.270 e. The van der Waals surface area contributed by atoms with Crippen molar-refractivity contribution in [1.82, 2.24) is 10.1 Å². The van der Waals surface area contributed by atoms with Gasteiger partial charge in [0.25, 0.3) is 5.69 Å². The Bertz CT molecular complexity index is 797. The highest BCUT2D eigenvalue weighted by Crippen LogP contribution is 2.31. The Morgan fingerprint density at radius 1 is 1.46 bits per heavy atom. The molecule has 1 aliphatic rings. The van der Waals surface area contributed by atoms with Crippen LogP contribution in [0, 0.1) is 17.0 Å². The van der Waals surface area contributed by atoms with Crippen molar-refractivity contribution in [2.75, 3.05) is 6.54 Å². The predicted molar refractivity (Wildman–Crippen MR) is 87.1 cm³/mol. The number of amides is 1. The fourth-order valence-electron chi connectivity index (χ4n) is 2.89. The van der Waals surface area contributed by atoms with Gasteiger partial charge in [-0.3, -0.25) is 14.9 Å². The molecule has 1 aliphatic heterocycles. The normalized spacial score (nSPS) is 17.5. The second-order valence-electron chi connectivity index (χ2n) is 5.74. The van der Waals surface area contributed by atoms with Gasteiger partial charge in [-0.15, -0.1) is 0 Å². The Morgan fingerprint density at radius 3 is 3.00 bits per heavy atom. The summed E-state index contributed by atoms with van der Waals surface area (Å²) in [7, 11) is 0. The topological polar surface area (TPSA) is 89.5 Å². The van der Waals surface area contributed by atoms with Crippen molar-refractivity contribution in [2.45, 2.75) is 25.8 Å². The molecule has 1 aromatic heterocycles. The molecule has 1 atom stereocenters. The number of hydrogen-bond donors (Lipinski definition) is 0. The van der Waals surface area contributed by atoms with Gasteiger partial charge in [0.1, 0.15) is 11.5 Å². The molecule has 1 saturated heterocycles. The monoisotopic (exact) mass is 327 g/mol. The summed E-state index contributed by atoms with van der Waals surface area (Å²) < 4.78 is 5.10. The van der Waals surface area contributed by atoms with Gasteiger partial charge in [0.15, 0.2) is 0 Å². The van der Waals surface area contributed by atoms with Crippen LogP contribution in [0.1, 0.15) is 35.9 Å². The number of rotatable bonds is 4. The van der Waals surface area contributed by atoms with Crippen LogP contribution >= 0.6 is 0 Å². The summed E-state index contributed by atoms with van der Waals surface area (Å²) >= 11 is 0. The van der Waals surface area contributed by atoms with E-state index in [0.29, 0.717) is 12.1 Å². The van der Waals surface area contributed by atoms with Crippen LogP contribution in [0.5, 0.6) is 0 Å². The Hall–Kier alpha value is -2.96. The highest BCUT2D eigenvalue weighted by Gasteiger charge is 2.30. The van der Waals surface area contributed by atoms with Gasteiger partial charge in [0.05, 0.1) is 11.0 Å². The first-order valence-electron chi connectivity index (χ1n) is 7.71. The predicted octanol–water partition coefficient (Wildman–Crippen LogP) is 3.27. The zero-order chi connectivity index (χ0) is 17.1. The number of nitro groups is 1. The average Bonchev–Trinajstić information content (AvgIpc) is 3.21. The van der Waals surface area contributed by atoms with Gasteiger partial charge in [0, 0.05) is 30.8 Å². The molecule has 1 fully saturated rings. The van der Waals surface area contributed by atoms with Crippen molar-refractivity contribution in [3.63, 3.8) is 0 Å². The fourth-order valence-corrected chi connectivity index (χ4v) is 2.89. The number of aromatic nitrogens is 1. The number of nitro benzene ring substituents is 1. The Morgan fingerprint density at radius 2 is 2.29 bits per heavy atom. The van der Waals surface area contributed by atoms with Crippen LogP contribution in [0.2, 0.25) is 0 Å². The number of aryl methyl sites for hydroxylation is 1. The number of carbonyl (C=O) groups excluding carboxylic acids is 1. The third-order valence-electron chi connectivity index (χ3n) is 4.02. The van der Waals surface area contributed by atoms with E-state index in [1.54, 1.807) is 23.1 Å². The molecule has 0 aliphatic carbocycles. The second kappa shape index (κ2) is 6.66. The average molecular weight is 327 g/mol. The summed E-state index contributed by atoms with van der Waals surface area (Å²) in [4.78, 5) is 24.6. The lowest BCUT2D eigenvalue weighted by Gasteiger charge is -2.21. The molecule has 124 valence electrons. The van der Waals surface area contributed by atoms with Gasteiger partial charge in [-0.25, -0.2) is 0 Å². The van der Waals surface area contributed by atoms with E-state index in [9.17, 15) is 14.9 Å². The lowest BCUT2D eigenvalue weighted by Crippen LogP contribution is -2.29. The molecular weight excluding hydrogens is 310 g/mol. The van der Waals surface area contributed by atoms with Crippen LogP contribution in [-0.4, -0.2) is 27.4 Å². The molecule has 0 saturated carbocycles. The SMILES string of the molecule is Cc1cc([C@@H]2CCCN2C(=O)/C=C/c2cccc([N+](=O)[O-])c2)no1. The largest absolute Gasteiger partial charge is 0.361 e. The quantitative estimate of drug-likeness (QED) is 0.488. The molecule has 0 spiro atoms. The highest BCUT2D eigenvalue weighted by molar-refractivity contribution is 5.92. The van der Waals surface area contributed by atoms with Crippen LogP contribution in [0.25, 0.3) is 6.08 Å². The maximum atomic E-state index is 12.5. The van der Waals surface area contributed by atoms with E-state index < -0.39 is 4.92 Å². The maximum absolute atomic E-state index is 12.5. The fraction of sp³-hybridized carbons (Fsp3) is 0.294. The van der Waals surface area contributed by atoms with Crippen molar-refractivity contribution >= 4 is 17.7 Å². The smallest absolute Gasteiger partial charge is 0.270 e. The molecule has 7 heteroatoms. The molecule has 0 N–H and O–H groups in total. The zero-order valence-electron chi connectivity index (χ0n) is 13.2. The molecule has 0 bridgehead atoms. The first kappa shape index (κ1) is 15.9. The zero-order valence-corrected chi connectivity index (χ0v) is 13.2. The molecule has 0 radical (unpaired) electrons. The number of benzene rings is 1. The van der Waals surface area contributed by atoms with E-state index in [4.69, 9.17) is 4.52 Å². The first-order chi connectivity index (χ1) is 11.5. The number of nitrogens with zero attached hydrogens (tertiary/aromatic N) is 3. The van der Waals surface area contributed by atoms with E-state index in [2.05, 4.69) is 5.16 Å². The molecule has 2 heterocycles. The first-order valence-corrected chi connectivity index (χ1v) is 7.71. The minimum atomic E-state index is -0.456. The van der Waals surface area contributed by atoms with E-state index in [1.165, 1.54) is 18.2 Å². The van der Waals surface area contributed by atoms with Crippen molar-refractivity contribution in [1.29, 1.82) is 0 Å². The van der Waals surface area contributed by atoms with Crippen molar-refractivity contribution < 1.29 is 14.2 Å². The molecule has 7 nitrogen and oxygen atoms in total. The minimum Gasteiger partial charge on any atom is -0.361 e. The van der Waals surface area contributed by atoms with E-state index in [0.717, 1.165) is 24.3 Å². The van der Waals surface area contributed by atoms with Crippen molar-refractivity contribution in [3.8, 4) is 0 Å². The number of carbonyl (C=O) groups is 1. The number of non-ortho nitro benzene ring substituents is 1. The third kappa shape index (κ3) is 3.34. The second-order valence-corrected chi connectivity index (χ2v) is 5.74. The summed E-state index contributed by atoms with van der Waals surface area (Å²) in [6.07, 6.45) is 4.80. The lowest BCUT2D eigenvalue weighted by atomic mass is 10.1. The van der Waals surface area contributed by atoms with Gasteiger partial charge in [-0.2, -0.15) is 0 Å². The van der Waals surface area contributed by atoms with Crippen LogP contribution < -0.4 is 0 Å². The van der Waals surface area contributed by atoms with Crippen molar-refractivity contribution in [2.24, 2.45) is 0 Å². The van der Waals surface area contributed by atoms with E-state index >= 15 is 0 Å². The van der Waals surface area contributed by atoms with Gasteiger partial charge < -0.3 is 9.42 Å². The van der Waals surface area contributed by atoms with Crippen LogP contribution in [0.4, 0.5) is 5.69 Å². The van der Waals surface area contributed by atoms with Gasteiger partial charge in [-0.05, 0) is 31.4 Å². The molecule has 2 aromatic rings. The molecule has 1 aromatic carbocycles. The Labute approximate surface area is 138 Å². The van der Waals surface area contributed by atoms with E-state index in [-0.39, 0.29) is 17.6 Å². The molecular formula is C17H17N3O4. The summed E-state index contributed by atoms with van der Waals surface area (Å²) in [6.45, 7) is 2.48. The number of hydrogen-bond acceptors (Lipinski definition) is 5. The molecule has 1 amide bonds.